The van der Waals surface area contributed by atoms with Gasteiger partial charge in [-0.05, 0) is 32.5 Å². The minimum atomic E-state index is -0.259. The van der Waals surface area contributed by atoms with Crippen molar-refractivity contribution in [2.75, 3.05) is 23.3 Å². The van der Waals surface area contributed by atoms with Crippen molar-refractivity contribution < 1.29 is 4.79 Å². The molecule has 0 saturated carbocycles. The molecule has 21 heavy (non-hydrogen) atoms. The first-order chi connectivity index (χ1) is 10.1. The van der Waals surface area contributed by atoms with Crippen LogP contribution in [-0.2, 0) is 4.79 Å². The average molecular weight is 286 g/mol. The summed E-state index contributed by atoms with van der Waals surface area (Å²) >= 11 is 0. The van der Waals surface area contributed by atoms with Gasteiger partial charge in [-0.1, -0.05) is 13.0 Å². The standard InChI is InChI=1S/C16H22N4O/c1-4-18-15-13-7-6-12(10-14(13)19-16(15)21)20(11(2)3)9-5-8-17/h6-7,10-11,15,18H,4-5,9H2,1-3H3,(H,19,21). The van der Waals surface area contributed by atoms with Gasteiger partial charge >= 0.3 is 0 Å². The van der Waals surface area contributed by atoms with Crippen LogP contribution in [0.2, 0.25) is 0 Å². The lowest BCUT2D eigenvalue weighted by molar-refractivity contribution is -0.117. The quantitative estimate of drug-likeness (QED) is 0.842. The average Bonchev–Trinajstić information content (AvgIpc) is 2.75. The Hall–Kier alpha value is -2.06. The summed E-state index contributed by atoms with van der Waals surface area (Å²) in [5, 5.41) is 14.9. The number of nitrogens with zero attached hydrogens (tertiary/aromatic N) is 2. The molecule has 1 aromatic carbocycles. The molecule has 5 nitrogen and oxygen atoms in total. The second-order valence-corrected chi connectivity index (χ2v) is 5.45. The molecule has 1 aliphatic heterocycles. The van der Waals surface area contributed by atoms with Gasteiger partial charge in [0.15, 0.2) is 0 Å². The number of anilines is 2. The molecule has 0 aromatic heterocycles. The Morgan fingerprint density at radius 2 is 2.24 bits per heavy atom. The predicted molar refractivity (Wildman–Crippen MR) is 84.2 cm³/mol. The Bertz CT molecular complexity index is 562. The Kier molecular flexibility index (Phi) is 4.81. The number of nitriles is 1. The third-order valence-corrected chi connectivity index (χ3v) is 3.70. The minimum Gasteiger partial charge on any atom is -0.368 e. The van der Waals surface area contributed by atoms with E-state index >= 15 is 0 Å². The zero-order chi connectivity index (χ0) is 15.4. The fraction of sp³-hybridized carbons (Fsp3) is 0.500. The second kappa shape index (κ2) is 6.59. The van der Waals surface area contributed by atoms with Crippen molar-refractivity contribution in [3.63, 3.8) is 0 Å². The smallest absolute Gasteiger partial charge is 0.246 e. The number of carbonyl (C=O) groups excluding carboxylic acids is 1. The van der Waals surface area contributed by atoms with E-state index in [0.29, 0.717) is 19.0 Å². The number of likely N-dealkylation sites (N-methyl/N-ethyl adjacent to an activating group) is 1. The highest BCUT2D eigenvalue weighted by molar-refractivity contribution is 6.03. The number of amides is 1. The monoisotopic (exact) mass is 286 g/mol. The van der Waals surface area contributed by atoms with Crippen molar-refractivity contribution in [3.8, 4) is 6.07 Å². The summed E-state index contributed by atoms with van der Waals surface area (Å²) in [5.74, 6) is -0.00267. The van der Waals surface area contributed by atoms with E-state index in [-0.39, 0.29) is 11.9 Å². The van der Waals surface area contributed by atoms with Crippen LogP contribution in [0.25, 0.3) is 0 Å². The van der Waals surface area contributed by atoms with Gasteiger partial charge in [0.25, 0.3) is 0 Å². The SMILES string of the molecule is CCNC1C(=O)Nc2cc(N(CCC#N)C(C)C)ccc21. The molecule has 0 spiro atoms. The topological polar surface area (TPSA) is 68.2 Å². The molecule has 5 heteroatoms. The van der Waals surface area contributed by atoms with Crippen LogP contribution in [0.3, 0.4) is 0 Å². The molecule has 1 aliphatic rings. The minimum absolute atomic E-state index is 0.00267. The zero-order valence-electron chi connectivity index (χ0n) is 12.8. The lowest BCUT2D eigenvalue weighted by Gasteiger charge is -2.28. The maximum Gasteiger partial charge on any atom is 0.246 e. The van der Waals surface area contributed by atoms with Crippen molar-refractivity contribution in [1.82, 2.24) is 5.32 Å². The summed E-state index contributed by atoms with van der Waals surface area (Å²) < 4.78 is 0. The molecule has 0 saturated heterocycles. The molecule has 1 atom stereocenters. The van der Waals surface area contributed by atoms with Crippen molar-refractivity contribution in [1.29, 1.82) is 5.26 Å². The highest BCUT2D eigenvalue weighted by Gasteiger charge is 2.30. The van der Waals surface area contributed by atoms with Gasteiger partial charge in [0.2, 0.25) is 5.91 Å². The van der Waals surface area contributed by atoms with Crippen LogP contribution in [-0.4, -0.2) is 25.0 Å². The van der Waals surface area contributed by atoms with Gasteiger partial charge in [-0.25, -0.2) is 0 Å². The maximum absolute atomic E-state index is 12.0. The first kappa shape index (κ1) is 15.3. The predicted octanol–water partition coefficient (Wildman–Crippen LogP) is 2.42. The molecule has 2 rings (SSSR count). The van der Waals surface area contributed by atoms with E-state index < -0.39 is 0 Å². The number of rotatable bonds is 6. The van der Waals surface area contributed by atoms with E-state index in [1.807, 2.05) is 25.1 Å². The second-order valence-electron chi connectivity index (χ2n) is 5.45. The molecule has 1 heterocycles. The molecular weight excluding hydrogens is 264 g/mol. The molecule has 0 radical (unpaired) electrons. The van der Waals surface area contributed by atoms with E-state index in [0.717, 1.165) is 23.5 Å². The molecule has 0 aliphatic carbocycles. The van der Waals surface area contributed by atoms with Crippen LogP contribution in [0.1, 0.15) is 38.8 Å². The van der Waals surface area contributed by atoms with Gasteiger partial charge in [0.05, 0.1) is 12.5 Å². The van der Waals surface area contributed by atoms with Crippen LogP contribution in [0.5, 0.6) is 0 Å². The number of carbonyl (C=O) groups is 1. The third-order valence-electron chi connectivity index (χ3n) is 3.70. The Morgan fingerprint density at radius 1 is 1.48 bits per heavy atom. The summed E-state index contributed by atoms with van der Waals surface area (Å²) in [7, 11) is 0. The third kappa shape index (κ3) is 3.17. The Balaban J connectivity index is 2.27. The number of benzene rings is 1. The number of hydrogen-bond donors (Lipinski definition) is 2. The van der Waals surface area contributed by atoms with Crippen LogP contribution in [0.4, 0.5) is 11.4 Å². The fourth-order valence-corrected chi connectivity index (χ4v) is 2.69. The summed E-state index contributed by atoms with van der Waals surface area (Å²) in [4.78, 5) is 14.2. The fourth-order valence-electron chi connectivity index (χ4n) is 2.69. The van der Waals surface area contributed by atoms with Crippen molar-refractivity contribution in [3.05, 3.63) is 23.8 Å². The van der Waals surface area contributed by atoms with E-state index in [1.165, 1.54) is 0 Å². The largest absolute Gasteiger partial charge is 0.368 e. The first-order valence-electron chi connectivity index (χ1n) is 7.40. The van der Waals surface area contributed by atoms with Crippen molar-refractivity contribution in [2.45, 2.75) is 39.3 Å². The van der Waals surface area contributed by atoms with Crippen molar-refractivity contribution >= 4 is 17.3 Å². The van der Waals surface area contributed by atoms with Gasteiger partial charge in [-0.2, -0.15) is 5.26 Å². The summed E-state index contributed by atoms with van der Waals surface area (Å²) in [6.07, 6.45) is 0.488. The van der Waals surface area contributed by atoms with E-state index in [9.17, 15) is 4.79 Å². The first-order valence-corrected chi connectivity index (χ1v) is 7.40. The molecule has 1 aromatic rings. The van der Waals surface area contributed by atoms with Gasteiger partial charge in [-0.15, -0.1) is 0 Å². The molecule has 1 amide bonds. The molecule has 112 valence electrons. The van der Waals surface area contributed by atoms with E-state index in [2.05, 4.69) is 35.5 Å². The van der Waals surface area contributed by atoms with Crippen LogP contribution in [0.15, 0.2) is 18.2 Å². The number of fused-ring (bicyclic) bond motifs is 1. The van der Waals surface area contributed by atoms with Gasteiger partial charge < -0.3 is 15.5 Å². The molecule has 0 bridgehead atoms. The normalized spacial score (nSPS) is 16.5. The van der Waals surface area contributed by atoms with Crippen LogP contribution >= 0.6 is 0 Å². The molecule has 1 unspecified atom stereocenters. The van der Waals surface area contributed by atoms with E-state index in [1.54, 1.807) is 0 Å². The summed E-state index contributed by atoms with van der Waals surface area (Å²) in [6.45, 7) is 7.63. The maximum atomic E-state index is 12.0. The number of nitrogens with one attached hydrogen (secondary N) is 2. The van der Waals surface area contributed by atoms with Crippen LogP contribution in [0, 0.1) is 11.3 Å². The van der Waals surface area contributed by atoms with Gasteiger partial charge in [0, 0.05) is 29.5 Å². The molecule has 2 N–H and O–H groups in total. The number of hydrogen-bond acceptors (Lipinski definition) is 4. The highest BCUT2D eigenvalue weighted by atomic mass is 16.2. The highest BCUT2D eigenvalue weighted by Crippen LogP contribution is 2.34. The van der Waals surface area contributed by atoms with Gasteiger partial charge in [-0.3, -0.25) is 4.79 Å². The Labute approximate surface area is 125 Å². The van der Waals surface area contributed by atoms with Gasteiger partial charge in [0.1, 0.15) is 6.04 Å². The summed E-state index contributed by atoms with van der Waals surface area (Å²) in [5.41, 5.74) is 2.90. The molecular formula is C16H22N4O. The van der Waals surface area contributed by atoms with E-state index in [4.69, 9.17) is 5.26 Å². The Morgan fingerprint density at radius 3 is 2.86 bits per heavy atom. The lowest BCUT2D eigenvalue weighted by atomic mass is 10.1. The van der Waals surface area contributed by atoms with Crippen molar-refractivity contribution in [2.24, 2.45) is 0 Å². The molecule has 0 fully saturated rings. The zero-order valence-corrected chi connectivity index (χ0v) is 12.8. The summed E-state index contributed by atoms with van der Waals surface area (Å²) in [6, 6.07) is 8.26. The lowest BCUT2D eigenvalue weighted by Crippen LogP contribution is -2.31. The van der Waals surface area contributed by atoms with Crippen LogP contribution < -0.4 is 15.5 Å².